The molecule has 0 aliphatic rings. The second-order valence-electron chi connectivity index (χ2n) is 25.2. The Morgan fingerprint density at radius 1 is 0.443 bits per heavy atom. The zero-order valence-corrected chi connectivity index (χ0v) is 54.5. The fraction of sp³-hybridized carbons (Fsp3) is 0.900. The normalized spacial score (nSPS) is 13.9. The molecule has 0 heterocycles. The van der Waals surface area contributed by atoms with Crippen LogP contribution in [0.25, 0.3) is 0 Å². The molecule has 0 saturated heterocycles. The summed E-state index contributed by atoms with van der Waals surface area (Å²) in [7, 11) is 1.31. The van der Waals surface area contributed by atoms with Crippen molar-refractivity contribution in [3.05, 3.63) is 36.5 Å². The molecular weight excluding hydrogens is 996 g/mol. The Hall–Kier alpha value is -1.28. The van der Waals surface area contributed by atoms with Gasteiger partial charge in [-0.2, -0.15) is 0 Å². The van der Waals surface area contributed by atoms with E-state index in [1.54, 1.807) is 0 Å². The van der Waals surface area contributed by atoms with Gasteiger partial charge in [-0.05, 0) is 51.4 Å². The molecular formula is C70H137N2O6P. The fourth-order valence-electron chi connectivity index (χ4n) is 10.7. The zero-order valence-electron chi connectivity index (χ0n) is 53.6. The van der Waals surface area contributed by atoms with Gasteiger partial charge in [-0.1, -0.05) is 333 Å². The first-order valence-electron chi connectivity index (χ1n) is 34.8. The molecule has 0 aromatic carbocycles. The number of aliphatic hydroxyl groups is 1. The molecule has 3 atom stereocenters. The third-order valence-corrected chi connectivity index (χ3v) is 17.1. The number of hydrogen-bond acceptors (Lipinski definition) is 6. The van der Waals surface area contributed by atoms with Crippen molar-refractivity contribution < 1.29 is 32.9 Å². The maximum Gasteiger partial charge on any atom is 0.268 e. The summed E-state index contributed by atoms with van der Waals surface area (Å²) in [4.78, 5) is 25.7. The molecule has 9 heteroatoms. The van der Waals surface area contributed by atoms with E-state index in [4.69, 9.17) is 9.05 Å². The smallest absolute Gasteiger partial charge is 0.268 e. The summed E-state index contributed by atoms with van der Waals surface area (Å²) in [6.07, 6.45) is 80.8. The van der Waals surface area contributed by atoms with Gasteiger partial charge in [-0.3, -0.25) is 9.36 Å². The van der Waals surface area contributed by atoms with E-state index >= 15 is 0 Å². The number of allylic oxidation sites excluding steroid dienone is 6. The molecule has 0 rings (SSSR count). The van der Waals surface area contributed by atoms with Crippen LogP contribution in [0.4, 0.5) is 0 Å². The van der Waals surface area contributed by atoms with Crippen LogP contribution in [0.15, 0.2) is 36.5 Å². The van der Waals surface area contributed by atoms with Gasteiger partial charge in [0.2, 0.25) is 5.91 Å². The molecule has 0 fully saturated rings. The van der Waals surface area contributed by atoms with Crippen molar-refractivity contribution in [1.29, 1.82) is 0 Å². The Morgan fingerprint density at radius 2 is 0.734 bits per heavy atom. The number of phosphoric ester groups is 1. The zero-order chi connectivity index (χ0) is 57.7. The van der Waals surface area contributed by atoms with E-state index in [0.717, 1.165) is 51.4 Å². The number of carbonyl (C=O) groups excluding carboxylic acids is 1. The number of hydrogen-bond donors (Lipinski definition) is 2. The summed E-state index contributed by atoms with van der Waals surface area (Å²) in [5.41, 5.74) is 0. The quantitative estimate of drug-likeness (QED) is 0.0272. The molecule has 8 nitrogen and oxygen atoms in total. The van der Waals surface area contributed by atoms with Crippen molar-refractivity contribution in [2.45, 2.75) is 366 Å². The average Bonchev–Trinajstić information content (AvgIpc) is 3.42. The van der Waals surface area contributed by atoms with Crippen molar-refractivity contribution >= 4 is 13.7 Å². The maximum atomic E-state index is 13.0. The second-order valence-corrected chi connectivity index (χ2v) is 26.7. The predicted octanol–water partition coefficient (Wildman–Crippen LogP) is 21.4. The van der Waals surface area contributed by atoms with Gasteiger partial charge in [0, 0.05) is 6.42 Å². The highest BCUT2D eigenvalue weighted by Gasteiger charge is 2.24. The Morgan fingerprint density at radius 3 is 1.06 bits per heavy atom. The Labute approximate surface area is 493 Å². The summed E-state index contributed by atoms with van der Waals surface area (Å²) in [5, 5.41) is 14.1. The number of nitrogens with one attached hydrogen (secondary N) is 1. The summed E-state index contributed by atoms with van der Waals surface area (Å²) in [6, 6.07) is -0.805. The van der Waals surface area contributed by atoms with Crippen LogP contribution in [0.1, 0.15) is 354 Å². The van der Waals surface area contributed by atoms with Gasteiger partial charge in [0.25, 0.3) is 7.82 Å². The topological polar surface area (TPSA) is 108 Å². The number of amides is 1. The van der Waals surface area contributed by atoms with E-state index < -0.39 is 20.0 Å². The van der Waals surface area contributed by atoms with E-state index in [0.29, 0.717) is 23.9 Å². The number of carbonyl (C=O) groups is 1. The Bertz CT molecular complexity index is 1380. The largest absolute Gasteiger partial charge is 0.756 e. The number of rotatable bonds is 65. The van der Waals surface area contributed by atoms with Gasteiger partial charge in [-0.25, -0.2) is 0 Å². The molecule has 0 aliphatic carbocycles. The number of aliphatic hydroxyl groups excluding tert-OH is 1. The number of unbranched alkanes of at least 4 members (excludes halogenated alkanes) is 46. The van der Waals surface area contributed by atoms with E-state index in [1.807, 2.05) is 21.1 Å². The highest BCUT2D eigenvalue weighted by atomic mass is 31.2. The van der Waals surface area contributed by atoms with Crippen LogP contribution < -0.4 is 10.2 Å². The van der Waals surface area contributed by atoms with Crippen molar-refractivity contribution in [3.63, 3.8) is 0 Å². The van der Waals surface area contributed by atoms with Gasteiger partial charge in [-0.15, -0.1) is 0 Å². The molecule has 0 aromatic rings. The summed E-state index contributed by atoms with van der Waals surface area (Å²) >= 11 is 0. The van der Waals surface area contributed by atoms with Crippen LogP contribution in [0.5, 0.6) is 0 Å². The maximum absolute atomic E-state index is 13.0. The monoisotopic (exact) mass is 1130 g/mol. The number of quaternary nitrogens is 1. The molecule has 0 bridgehead atoms. The van der Waals surface area contributed by atoms with Crippen molar-refractivity contribution in [1.82, 2.24) is 5.32 Å². The highest BCUT2D eigenvalue weighted by molar-refractivity contribution is 7.45. The molecule has 0 spiro atoms. The number of likely N-dealkylation sites (N-methyl/N-ethyl adjacent to an activating group) is 1. The van der Waals surface area contributed by atoms with Crippen molar-refractivity contribution in [2.24, 2.45) is 0 Å². The van der Waals surface area contributed by atoms with Crippen LogP contribution in [-0.4, -0.2) is 68.5 Å². The minimum Gasteiger partial charge on any atom is -0.756 e. The van der Waals surface area contributed by atoms with Crippen LogP contribution in [-0.2, 0) is 18.4 Å². The van der Waals surface area contributed by atoms with Crippen LogP contribution in [0.2, 0.25) is 0 Å². The first-order chi connectivity index (χ1) is 38.5. The predicted molar refractivity (Wildman–Crippen MR) is 344 cm³/mol. The van der Waals surface area contributed by atoms with Crippen LogP contribution in [0.3, 0.4) is 0 Å². The van der Waals surface area contributed by atoms with Gasteiger partial charge in [0.1, 0.15) is 13.2 Å². The molecule has 79 heavy (non-hydrogen) atoms. The lowest BCUT2D eigenvalue weighted by Crippen LogP contribution is -2.46. The summed E-state index contributed by atoms with van der Waals surface area (Å²) < 4.78 is 23.5. The minimum atomic E-state index is -4.58. The second kappa shape index (κ2) is 61.3. The molecule has 0 aromatic heterocycles. The number of phosphoric acid groups is 1. The Balaban J connectivity index is 4.02. The third-order valence-electron chi connectivity index (χ3n) is 16.1. The molecule has 0 radical (unpaired) electrons. The van der Waals surface area contributed by atoms with Gasteiger partial charge >= 0.3 is 0 Å². The van der Waals surface area contributed by atoms with E-state index in [2.05, 4.69) is 55.6 Å². The standard InChI is InChI=1S/C70H137N2O6P/c1-6-8-10-12-14-16-18-20-22-24-26-28-30-32-33-34-35-36-37-38-40-41-43-45-47-49-51-53-55-57-59-61-63-69(73)68(67-78-79(75,76)77-66-65-72(3,4)5)71-70(74)64-62-60-58-56-54-52-50-48-46-44-42-39-31-29-27-25-23-21-19-17-15-13-11-9-7-2/h19,21,25,27,31,39,68-69,73H,6-18,20,22-24,26,28-30,32-38,40-67H2,1-5H3,(H-,71,74,75,76)/b21-19-,27-25-,39-31-. The molecule has 3 unspecified atom stereocenters. The van der Waals surface area contributed by atoms with Crippen LogP contribution in [0, 0.1) is 0 Å². The highest BCUT2D eigenvalue weighted by Crippen LogP contribution is 2.38. The minimum absolute atomic E-state index is 0.0119. The van der Waals surface area contributed by atoms with Gasteiger partial charge < -0.3 is 28.8 Å². The first kappa shape index (κ1) is 77.7. The first-order valence-corrected chi connectivity index (χ1v) is 36.3. The third kappa shape index (κ3) is 64.1. The summed E-state index contributed by atoms with van der Waals surface area (Å²) in [5.74, 6) is -0.164. The lowest BCUT2D eigenvalue weighted by Gasteiger charge is -2.30. The molecule has 0 aliphatic heterocycles. The summed E-state index contributed by atoms with van der Waals surface area (Å²) in [6.45, 7) is 4.76. The van der Waals surface area contributed by atoms with E-state index in [-0.39, 0.29) is 19.1 Å². The van der Waals surface area contributed by atoms with E-state index in [9.17, 15) is 19.4 Å². The van der Waals surface area contributed by atoms with E-state index in [1.165, 1.54) is 276 Å². The van der Waals surface area contributed by atoms with Crippen LogP contribution >= 0.6 is 7.82 Å². The SMILES string of the molecule is CCCCCCC/C=C\C/C=C\C/C=C\CCCCCCCCCCCCC(=O)NC(COP(=O)([O-])OCC[N+](C)(C)C)C(O)CCCCCCCCCCCCCCCCCCCCCCCCCCCCCCCCCC. The van der Waals surface area contributed by atoms with Gasteiger partial charge in [0.05, 0.1) is 39.9 Å². The Kier molecular flexibility index (Phi) is 60.3. The lowest BCUT2D eigenvalue weighted by molar-refractivity contribution is -0.870. The molecule has 0 saturated carbocycles. The molecule has 468 valence electrons. The lowest BCUT2D eigenvalue weighted by atomic mass is 10.0. The fourth-order valence-corrected chi connectivity index (χ4v) is 11.4. The molecule has 2 N–H and O–H groups in total. The van der Waals surface area contributed by atoms with Crippen molar-refractivity contribution in [2.75, 3.05) is 40.9 Å². The van der Waals surface area contributed by atoms with Crippen molar-refractivity contribution in [3.8, 4) is 0 Å². The average molecular weight is 1130 g/mol. The van der Waals surface area contributed by atoms with Gasteiger partial charge in [0.15, 0.2) is 0 Å². The molecule has 1 amide bonds. The number of nitrogens with zero attached hydrogens (tertiary/aromatic N) is 1.